The average molecular weight is 270 g/mol. The third-order valence-corrected chi connectivity index (χ3v) is 2.92. The van der Waals surface area contributed by atoms with Gasteiger partial charge in [-0.3, -0.25) is 0 Å². The summed E-state index contributed by atoms with van der Waals surface area (Å²) >= 11 is 0. The number of methoxy groups -OCH3 is 1. The van der Waals surface area contributed by atoms with Crippen molar-refractivity contribution in [3.05, 3.63) is 42.9 Å². The summed E-state index contributed by atoms with van der Waals surface area (Å²) < 4.78 is 7.30. The SMILES string of the molecule is CC.COc1ccc2c(C)ncnc2c1-n1ccnc1. The molecule has 0 atom stereocenters. The largest absolute Gasteiger partial charge is 0.494 e. The first-order chi connectivity index (χ1) is 9.81. The Balaban J connectivity index is 0.000000704. The van der Waals surface area contributed by atoms with Crippen LogP contribution in [0.2, 0.25) is 0 Å². The molecule has 0 aliphatic carbocycles. The molecule has 0 radical (unpaired) electrons. The van der Waals surface area contributed by atoms with Crippen molar-refractivity contribution in [2.24, 2.45) is 0 Å². The lowest BCUT2D eigenvalue weighted by Gasteiger charge is -2.12. The second-order valence-electron chi connectivity index (χ2n) is 3.94. The third-order valence-electron chi connectivity index (χ3n) is 2.92. The first kappa shape index (κ1) is 14.0. The van der Waals surface area contributed by atoms with E-state index in [0.717, 1.165) is 28.0 Å². The Hall–Kier alpha value is -2.43. The zero-order valence-corrected chi connectivity index (χ0v) is 12.2. The third kappa shape index (κ3) is 2.34. The molecule has 2 heterocycles. The van der Waals surface area contributed by atoms with Crippen LogP contribution in [0.5, 0.6) is 5.75 Å². The van der Waals surface area contributed by atoms with Crippen LogP contribution in [0.4, 0.5) is 0 Å². The zero-order chi connectivity index (χ0) is 14.5. The van der Waals surface area contributed by atoms with Crippen LogP contribution in [0.3, 0.4) is 0 Å². The van der Waals surface area contributed by atoms with Gasteiger partial charge < -0.3 is 9.30 Å². The number of fused-ring (bicyclic) bond motifs is 1. The lowest BCUT2D eigenvalue weighted by atomic mass is 10.1. The number of aromatic nitrogens is 4. The minimum absolute atomic E-state index is 0.763. The quantitative estimate of drug-likeness (QED) is 0.717. The summed E-state index contributed by atoms with van der Waals surface area (Å²) in [4.78, 5) is 12.6. The van der Waals surface area contributed by atoms with Crippen molar-refractivity contribution in [3.8, 4) is 11.4 Å². The molecule has 3 rings (SSSR count). The molecule has 0 N–H and O–H groups in total. The van der Waals surface area contributed by atoms with Crippen molar-refractivity contribution in [2.45, 2.75) is 20.8 Å². The van der Waals surface area contributed by atoms with Crippen LogP contribution in [0.1, 0.15) is 19.5 Å². The van der Waals surface area contributed by atoms with E-state index in [4.69, 9.17) is 4.74 Å². The number of rotatable bonds is 2. The maximum Gasteiger partial charge on any atom is 0.145 e. The minimum atomic E-state index is 0.763. The van der Waals surface area contributed by atoms with E-state index in [1.54, 1.807) is 26.0 Å². The summed E-state index contributed by atoms with van der Waals surface area (Å²) in [5, 5.41) is 1.02. The van der Waals surface area contributed by atoms with Gasteiger partial charge in [-0.2, -0.15) is 0 Å². The molecule has 2 aromatic heterocycles. The van der Waals surface area contributed by atoms with Crippen LogP contribution in [-0.4, -0.2) is 26.6 Å². The van der Waals surface area contributed by atoms with Crippen LogP contribution in [0.15, 0.2) is 37.2 Å². The van der Waals surface area contributed by atoms with E-state index >= 15 is 0 Å². The number of hydrogen-bond acceptors (Lipinski definition) is 4. The highest BCUT2D eigenvalue weighted by molar-refractivity contribution is 5.90. The normalized spacial score (nSPS) is 10.0. The van der Waals surface area contributed by atoms with Crippen LogP contribution in [-0.2, 0) is 0 Å². The van der Waals surface area contributed by atoms with E-state index in [0.29, 0.717) is 0 Å². The van der Waals surface area contributed by atoms with Crippen LogP contribution >= 0.6 is 0 Å². The minimum Gasteiger partial charge on any atom is -0.494 e. The van der Waals surface area contributed by atoms with E-state index in [1.807, 2.05) is 43.7 Å². The Bertz CT molecular complexity index is 692. The fraction of sp³-hybridized carbons (Fsp3) is 0.267. The van der Waals surface area contributed by atoms with Crippen LogP contribution in [0, 0.1) is 6.92 Å². The molecule has 1 aromatic carbocycles. The average Bonchev–Trinajstić information content (AvgIpc) is 3.02. The van der Waals surface area contributed by atoms with Gasteiger partial charge in [0.2, 0.25) is 0 Å². The second kappa shape index (κ2) is 6.14. The maximum absolute atomic E-state index is 5.41. The smallest absolute Gasteiger partial charge is 0.145 e. The molecular weight excluding hydrogens is 252 g/mol. The highest BCUT2D eigenvalue weighted by Gasteiger charge is 2.12. The van der Waals surface area contributed by atoms with Crippen molar-refractivity contribution in [2.75, 3.05) is 7.11 Å². The molecule has 5 nitrogen and oxygen atoms in total. The summed E-state index contributed by atoms with van der Waals surface area (Å²) in [6, 6.07) is 3.90. The molecule has 5 heteroatoms. The molecule has 20 heavy (non-hydrogen) atoms. The van der Waals surface area contributed by atoms with E-state index in [9.17, 15) is 0 Å². The summed E-state index contributed by atoms with van der Waals surface area (Å²) in [7, 11) is 1.65. The van der Waals surface area contributed by atoms with Crippen molar-refractivity contribution in [1.82, 2.24) is 19.5 Å². The molecule has 0 bridgehead atoms. The number of ether oxygens (including phenoxy) is 1. The van der Waals surface area contributed by atoms with Gasteiger partial charge in [0.05, 0.1) is 13.4 Å². The standard InChI is InChI=1S/C13H12N4O.C2H6/c1-9-10-3-4-11(18-2)13(12(10)16-7-15-9)17-6-5-14-8-17;1-2/h3-8H,1-2H3;1-2H3. The van der Waals surface area contributed by atoms with Crippen LogP contribution < -0.4 is 4.74 Å². The summed E-state index contributed by atoms with van der Waals surface area (Å²) in [5.74, 6) is 0.763. The predicted octanol–water partition coefficient (Wildman–Crippen LogP) is 3.16. The number of benzene rings is 1. The topological polar surface area (TPSA) is 52.8 Å². The van der Waals surface area contributed by atoms with E-state index in [2.05, 4.69) is 15.0 Å². The summed E-state index contributed by atoms with van der Waals surface area (Å²) in [6.45, 7) is 5.97. The molecular formula is C15H18N4O. The van der Waals surface area contributed by atoms with Crippen LogP contribution in [0.25, 0.3) is 16.6 Å². The first-order valence-electron chi connectivity index (χ1n) is 6.58. The molecule has 0 amide bonds. The van der Waals surface area contributed by atoms with E-state index in [1.165, 1.54) is 0 Å². The van der Waals surface area contributed by atoms with Gasteiger partial charge in [-0.1, -0.05) is 13.8 Å². The molecule has 0 saturated carbocycles. The van der Waals surface area contributed by atoms with Crippen molar-refractivity contribution in [3.63, 3.8) is 0 Å². The Morgan fingerprint density at radius 2 is 1.95 bits per heavy atom. The van der Waals surface area contributed by atoms with Gasteiger partial charge in [0.15, 0.2) is 0 Å². The van der Waals surface area contributed by atoms with Gasteiger partial charge in [-0.15, -0.1) is 0 Å². The Labute approximate surface area is 118 Å². The van der Waals surface area contributed by atoms with Crippen molar-refractivity contribution < 1.29 is 4.74 Å². The summed E-state index contributed by atoms with van der Waals surface area (Å²) in [6.07, 6.45) is 6.90. The van der Waals surface area contributed by atoms with Gasteiger partial charge >= 0.3 is 0 Å². The second-order valence-corrected chi connectivity index (χ2v) is 3.94. The van der Waals surface area contributed by atoms with Crippen molar-refractivity contribution in [1.29, 1.82) is 0 Å². The number of imidazole rings is 1. The number of hydrogen-bond donors (Lipinski definition) is 0. The Morgan fingerprint density at radius 3 is 2.60 bits per heavy atom. The zero-order valence-electron chi connectivity index (χ0n) is 12.2. The fourth-order valence-electron chi connectivity index (χ4n) is 2.03. The van der Waals surface area contributed by atoms with Gasteiger partial charge in [0.25, 0.3) is 0 Å². The number of aryl methyl sites for hydroxylation is 1. The molecule has 0 fully saturated rings. The monoisotopic (exact) mass is 270 g/mol. The Morgan fingerprint density at radius 1 is 1.15 bits per heavy atom. The first-order valence-corrected chi connectivity index (χ1v) is 6.58. The molecule has 0 unspecified atom stereocenters. The fourth-order valence-corrected chi connectivity index (χ4v) is 2.03. The molecule has 3 aromatic rings. The lowest BCUT2D eigenvalue weighted by Crippen LogP contribution is -1.99. The maximum atomic E-state index is 5.41. The molecule has 0 spiro atoms. The van der Waals surface area contributed by atoms with Gasteiger partial charge in [0, 0.05) is 23.5 Å². The van der Waals surface area contributed by atoms with Gasteiger partial charge in [-0.05, 0) is 19.1 Å². The Kier molecular flexibility index (Phi) is 4.30. The van der Waals surface area contributed by atoms with Gasteiger partial charge in [0.1, 0.15) is 23.3 Å². The summed E-state index contributed by atoms with van der Waals surface area (Å²) in [5.41, 5.74) is 2.70. The molecule has 104 valence electrons. The highest BCUT2D eigenvalue weighted by Crippen LogP contribution is 2.30. The van der Waals surface area contributed by atoms with E-state index in [-0.39, 0.29) is 0 Å². The van der Waals surface area contributed by atoms with E-state index < -0.39 is 0 Å². The number of nitrogens with zero attached hydrogens (tertiary/aromatic N) is 4. The highest BCUT2D eigenvalue weighted by atomic mass is 16.5. The molecule has 0 aliphatic heterocycles. The molecule has 0 saturated heterocycles. The molecule has 0 aliphatic rings. The van der Waals surface area contributed by atoms with Gasteiger partial charge in [-0.25, -0.2) is 15.0 Å². The van der Waals surface area contributed by atoms with Crippen molar-refractivity contribution >= 4 is 10.9 Å². The predicted molar refractivity (Wildman–Crippen MR) is 79.3 cm³/mol. The lowest BCUT2D eigenvalue weighted by molar-refractivity contribution is 0.413.